The Kier molecular flexibility index (Phi) is 4.59. The third kappa shape index (κ3) is 3.41. The van der Waals surface area contributed by atoms with E-state index in [0.717, 1.165) is 12.1 Å². The highest BCUT2D eigenvalue weighted by Gasteiger charge is 2.35. The summed E-state index contributed by atoms with van der Waals surface area (Å²) in [6.45, 7) is 2.05. The van der Waals surface area contributed by atoms with Gasteiger partial charge in [0.05, 0.1) is 17.7 Å². The van der Waals surface area contributed by atoms with Crippen molar-refractivity contribution in [1.82, 2.24) is 10.1 Å². The first-order valence-corrected chi connectivity index (χ1v) is 9.56. The predicted molar refractivity (Wildman–Crippen MR) is 85.6 cm³/mol. The summed E-state index contributed by atoms with van der Waals surface area (Å²) < 4.78 is 55.0. The van der Waals surface area contributed by atoms with Crippen molar-refractivity contribution in [2.45, 2.75) is 19.4 Å². The van der Waals surface area contributed by atoms with Gasteiger partial charge >= 0.3 is 0 Å². The maximum atomic E-state index is 13.5. The Labute approximate surface area is 143 Å². The molecule has 0 bridgehead atoms. The van der Waals surface area contributed by atoms with Gasteiger partial charge in [-0.25, -0.2) is 17.2 Å². The number of hydrogen-bond acceptors (Lipinski definition) is 5. The van der Waals surface area contributed by atoms with Crippen LogP contribution in [0.3, 0.4) is 0 Å². The Morgan fingerprint density at radius 1 is 1.36 bits per heavy atom. The molecule has 1 aromatic heterocycles. The molecular weight excluding hydrogens is 354 g/mol. The molecule has 1 aliphatic rings. The van der Waals surface area contributed by atoms with E-state index in [4.69, 9.17) is 4.52 Å². The summed E-state index contributed by atoms with van der Waals surface area (Å²) in [5.74, 6) is -2.56. The van der Waals surface area contributed by atoms with Crippen LogP contribution in [-0.4, -0.2) is 48.5 Å². The van der Waals surface area contributed by atoms with Crippen LogP contribution in [0.25, 0.3) is 11.3 Å². The highest BCUT2D eigenvalue weighted by atomic mass is 32.2. The van der Waals surface area contributed by atoms with Gasteiger partial charge in [-0.1, -0.05) is 5.16 Å². The molecule has 1 unspecified atom stereocenters. The molecule has 3 rings (SSSR count). The van der Waals surface area contributed by atoms with E-state index < -0.39 is 33.4 Å². The Bertz CT molecular complexity index is 911. The van der Waals surface area contributed by atoms with Gasteiger partial charge in [0, 0.05) is 18.2 Å². The first-order valence-electron chi connectivity index (χ1n) is 7.74. The average Bonchev–Trinajstić information content (AvgIpc) is 3.17. The number of hydrogen-bond donors (Lipinski definition) is 0. The van der Waals surface area contributed by atoms with Gasteiger partial charge in [0.25, 0.3) is 5.91 Å². The number of benzene rings is 1. The van der Waals surface area contributed by atoms with Crippen LogP contribution in [-0.2, 0) is 9.84 Å². The normalized spacial score (nSPS) is 19.1. The van der Waals surface area contributed by atoms with Crippen molar-refractivity contribution in [3.8, 4) is 11.3 Å². The SMILES string of the molecule is CCN(C(=O)c1cnoc1-c1ccc(F)c(F)c1)C1CCS(=O)(=O)C1. The standard InChI is InChI=1S/C16H16F2N2O4S/c1-2-20(11-5-6-25(22,23)9-11)16(21)12-8-19-24-15(12)10-3-4-13(17)14(18)7-10/h3-4,7-8,11H,2,5-6,9H2,1H3. The maximum absolute atomic E-state index is 13.5. The lowest BCUT2D eigenvalue weighted by Gasteiger charge is -2.26. The van der Waals surface area contributed by atoms with Gasteiger partial charge < -0.3 is 9.42 Å². The largest absolute Gasteiger partial charge is 0.355 e. The number of amides is 1. The van der Waals surface area contributed by atoms with Gasteiger partial charge in [-0.2, -0.15) is 0 Å². The maximum Gasteiger partial charge on any atom is 0.259 e. The van der Waals surface area contributed by atoms with Crippen LogP contribution in [0.15, 0.2) is 28.9 Å². The zero-order valence-corrected chi connectivity index (χ0v) is 14.2. The van der Waals surface area contributed by atoms with Crippen molar-refractivity contribution in [3.63, 3.8) is 0 Å². The molecule has 0 spiro atoms. The van der Waals surface area contributed by atoms with Crippen LogP contribution >= 0.6 is 0 Å². The Balaban J connectivity index is 1.92. The lowest BCUT2D eigenvalue weighted by molar-refractivity contribution is 0.0708. The van der Waals surface area contributed by atoms with Gasteiger partial charge in [0.2, 0.25) is 0 Å². The third-order valence-electron chi connectivity index (χ3n) is 4.23. The lowest BCUT2D eigenvalue weighted by atomic mass is 10.1. The Morgan fingerprint density at radius 3 is 2.72 bits per heavy atom. The quantitative estimate of drug-likeness (QED) is 0.825. The fourth-order valence-electron chi connectivity index (χ4n) is 2.98. The van der Waals surface area contributed by atoms with Crippen molar-refractivity contribution < 1.29 is 26.5 Å². The molecule has 1 aliphatic heterocycles. The number of aromatic nitrogens is 1. The summed E-state index contributed by atoms with van der Waals surface area (Å²) in [7, 11) is -3.15. The molecule has 0 radical (unpaired) electrons. The molecule has 9 heteroatoms. The number of carbonyl (C=O) groups excluding carboxylic acids is 1. The summed E-state index contributed by atoms with van der Waals surface area (Å²) in [5.41, 5.74) is 0.256. The summed E-state index contributed by atoms with van der Waals surface area (Å²) in [5, 5.41) is 3.59. The van der Waals surface area contributed by atoms with Gasteiger partial charge in [0.1, 0.15) is 5.56 Å². The molecule has 6 nitrogen and oxygen atoms in total. The molecule has 1 aromatic carbocycles. The molecule has 0 N–H and O–H groups in total. The van der Waals surface area contributed by atoms with Crippen molar-refractivity contribution >= 4 is 15.7 Å². The first kappa shape index (κ1) is 17.5. The van der Waals surface area contributed by atoms with Crippen molar-refractivity contribution in [2.75, 3.05) is 18.1 Å². The van der Waals surface area contributed by atoms with E-state index in [9.17, 15) is 22.0 Å². The molecule has 25 heavy (non-hydrogen) atoms. The highest BCUT2D eigenvalue weighted by molar-refractivity contribution is 7.91. The zero-order valence-electron chi connectivity index (χ0n) is 13.4. The van der Waals surface area contributed by atoms with E-state index in [-0.39, 0.29) is 28.4 Å². The lowest BCUT2D eigenvalue weighted by Crippen LogP contribution is -2.41. The molecule has 0 saturated carbocycles. The average molecular weight is 370 g/mol. The van der Waals surface area contributed by atoms with Crippen molar-refractivity contribution in [1.29, 1.82) is 0 Å². The number of carbonyl (C=O) groups is 1. The minimum atomic E-state index is -3.15. The van der Waals surface area contributed by atoms with E-state index in [1.54, 1.807) is 6.92 Å². The van der Waals surface area contributed by atoms with E-state index in [1.807, 2.05) is 0 Å². The smallest absolute Gasteiger partial charge is 0.259 e. The fourth-order valence-corrected chi connectivity index (χ4v) is 4.71. The summed E-state index contributed by atoms with van der Waals surface area (Å²) in [6, 6.07) is 2.72. The summed E-state index contributed by atoms with van der Waals surface area (Å²) >= 11 is 0. The molecule has 1 atom stereocenters. The summed E-state index contributed by atoms with van der Waals surface area (Å²) in [4.78, 5) is 14.3. The summed E-state index contributed by atoms with van der Waals surface area (Å²) in [6.07, 6.45) is 1.57. The second-order valence-electron chi connectivity index (χ2n) is 5.85. The second kappa shape index (κ2) is 6.55. The number of nitrogens with zero attached hydrogens (tertiary/aromatic N) is 2. The number of sulfone groups is 1. The first-order chi connectivity index (χ1) is 11.8. The Morgan fingerprint density at radius 2 is 2.12 bits per heavy atom. The van der Waals surface area contributed by atoms with E-state index >= 15 is 0 Å². The van der Waals surface area contributed by atoms with Crippen LogP contribution in [0.5, 0.6) is 0 Å². The molecule has 1 amide bonds. The third-order valence-corrected chi connectivity index (χ3v) is 5.98. The zero-order chi connectivity index (χ0) is 18.2. The van der Waals surface area contributed by atoms with Gasteiger partial charge in [-0.05, 0) is 31.5 Å². The molecule has 1 saturated heterocycles. The van der Waals surface area contributed by atoms with Crippen molar-refractivity contribution in [2.24, 2.45) is 0 Å². The molecule has 0 aliphatic carbocycles. The monoisotopic (exact) mass is 370 g/mol. The highest BCUT2D eigenvalue weighted by Crippen LogP contribution is 2.28. The van der Waals surface area contributed by atoms with Crippen molar-refractivity contribution in [3.05, 3.63) is 41.6 Å². The van der Waals surface area contributed by atoms with Crippen LogP contribution in [0.1, 0.15) is 23.7 Å². The second-order valence-corrected chi connectivity index (χ2v) is 8.07. The van der Waals surface area contributed by atoms with Crippen LogP contribution in [0.4, 0.5) is 8.78 Å². The molecule has 2 aromatic rings. The predicted octanol–water partition coefficient (Wildman–Crippen LogP) is 2.27. The van der Waals surface area contributed by atoms with Crippen LogP contribution in [0, 0.1) is 11.6 Å². The minimum absolute atomic E-state index is 0.0169. The van der Waals surface area contributed by atoms with Gasteiger partial charge in [-0.15, -0.1) is 0 Å². The van der Waals surface area contributed by atoms with Gasteiger partial charge in [0.15, 0.2) is 27.2 Å². The number of halogens is 2. The van der Waals surface area contributed by atoms with E-state index in [0.29, 0.717) is 13.0 Å². The topological polar surface area (TPSA) is 80.5 Å². The molecule has 2 heterocycles. The Hall–Kier alpha value is -2.29. The molecule has 1 fully saturated rings. The van der Waals surface area contributed by atoms with Crippen LogP contribution in [0.2, 0.25) is 0 Å². The van der Waals surface area contributed by atoms with Gasteiger partial charge in [-0.3, -0.25) is 4.79 Å². The molecular formula is C16H16F2N2O4S. The molecule has 134 valence electrons. The van der Waals surface area contributed by atoms with Crippen LogP contribution < -0.4 is 0 Å². The van der Waals surface area contributed by atoms with E-state index in [1.165, 1.54) is 17.2 Å². The minimum Gasteiger partial charge on any atom is -0.355 e. The number of rotatable bonds is 4. The fraction of sp³-hybridized carbons (Fsp3) is 0.375. The van der Waals surface area contributed by atoms with E-state index in [2.05, 4.69) is 5.16 Å².